The first-order valence-corrected chi connectivity index (χ1v) is 7.45. The largest absolute Gasteiger partial charge is 0.380 e. The first-order valence-electron chi connectivity index (χ1n) is 6.28. The van der Waals surface area contributed by atoms with E-state index in [-0.39, 0.29) is 11.9 Å². The van der Waals surface area contributed by atoms with Crippen molar-refractivity contribution in [3.63, 3.8) is 0 Å². The fraction of sp³-hybridized carbons (Fsp3) is 0.538. The van der Waals surface area contributed by atoms with Crippen LogP contribution < -0.4 is 10.6 Å². The maximum absolute atomic E-state index is 13.1. The predicted molar refractivity (Wildman–Crippen MR) is 79.4 cm³/mol. The molecule has 1 aromatic carbocycles. The van der Waals surface area contributed by atoms with Gasteiger partial charge in [-0.25, -0.2) is 4.39 Å². The Balaban J connectivity index is 1.96. The Kier molecular flexibility index (Phi) is 5.45. The molecule has 2 atom stereocenters. The summed E-state index contributed by atoms with van der Waals surface area (Å²) in [6.07, 6.45) is 0.917. The number of rotatable bonds is 4. The third kappa shape index (κ3) is 4.31. The number of anilines is 1. The Morgan fingerprint density at radius 1 is 1.63 bits per heavy atom. The average molecular weight is 352 g/mol. The number of hydrogen-bond donors (Lipinski definition) is 2. The van der Waals surface area contributed by atoms with Crippen LogP contribution in [0.3, 0.4) is 0 Å². The van der Waals surface area contributed by atoms with E-state index in [2.05, 4.69) is 33.5 Å². The fourth-order valence-corrected chi connectivity index (χ4v) is 3.10. The highest BCUT2D eigenvalue weighted by molar-refractivity contribution is 9.10. The van der Waals surface area contributed by atoms with E-state index in [1.165, 1.54) is 12.1 Å². The molecule has 1 fully saturated rings. The summed E-state index contributed by atoms with van der Waals surface area (Å²) in [5.74, 6) is -0.350. The molecule has 2 unspecified atom stereocenters. The van der Waals surface area contributed by atoms with Gasteiger partial charge in [0.15, 0.2) is 0 Å². The Morgan fingerprint density at radius 2 is 2.42 bits per heavy atom. The molecule has 0 amide bonds. The van der Waals surface area contributed by atoms with E-state index in [1.54, 1.807) is 0 Å². The van der Waals surface area contributed by atoms with E-state index < -0.39 is 0 Å². The van der Waals surface area contributed by atoms with Gasteiger partial charge in [0.1, 0.15) is 5.82 Å². The van der Waals surface area contributed by atoms with Crippen LogP contribution in [-0.2, 0) is 4.74 Å². The number of hydrogen-bond acceptors (Lipinski definition) is 3. The van der Waals surface area contributed by atoms with Gasteiger partial charge in [0, 0.05) is 23.1 Å². The van der Waals surface area contributed by atoms with Crippen LogP contribution in [0.2, 0.25) is 5.02 Å². The smallest absolute Gasteiger partial charge is 0.125 e. The van der Waals surface area contributed by atoms with Crippen LogP contribution in [0.15, 0.2) is 16.6 Å². The number of halogens is 3. The molecule has 1 saturated heterocycles. The van der Waals surface area contributed by atoms with E-state index in [9.17, 15) is 4.39 Å². The molecule has 2 rings (SSSR count). The van der Waals surface area contributed by atoms with Crippen molar-refractivity contribution in [2.45, 2.75) is 25.4 Å². The zero-order chi connectivity index (χ0) is 13.8. The van der Waals surface area contributed by atoms with Gasteiger partial charge >= 0.3 is 0 Å². The first kappa shape index (κ1) is 15.0. The van der Waals surface area contributed by atoms with Crippen LogP contribution in [0.5, 0.6) is 0 Å². The lowest BCUT2D eigenvalue weighted by Crippen LogP contribution is -2.43. The Bertz CT molecular complexity index is 418. The van der Waals surface area contributed by atoms with Crippen molar-refractivity contribution in [3.8, 4) is 0 Å². The Morgan fingerprint density at radius 3 is 3.05 bits per heavy atom. The Labute approximate surface area is 126 Å². The second-order valence-electron chi connectivity index (χ2n) is 4.75. The highest BCUT2D eigenvalue weighted by Crippen LogP contribution is 2.32. The number of benzene rings is 1. The second kappa shape index (κ2) is 6.88. The summed E-state index contributed by atoms with van der Waals surface area (Å²) in [7, 11) is 0. The topological polar surface area (TPSA) is 33.3 Å². The molecule has 0 saturated carbocycles. The molecular formula is C13H17BrClFN2O. The predicted octanol–water partition coefficient (Wildman–Crippen LogP) is 3.42. The van der Waals surface area contributed by atoms with E-state index in [0.29, 0.717) is 15.5 Å². The first-order chi connectivity index (χ1) is 9.06. The van der Waals surface area contributed by atoms with Gasteiger partial charge in [-0.15, -0.1) is 0 Å². The average Bonchev–Trinajstić information content (AvgIpc) is 2.35. The van der Waals surface area contributed by atoms with Gasteiger partial charge in [-0.1, -0.05) is 11.6 Å². The summed E-state index contributed by atoms with van der Waals surface area (Å²) in [6, 6.07) is 3.26. The zero-order valence-corrected chi connectivity index (χ0v) is 13.0. The van der Waals surface area contributed by atoms with E-state index in [0.717, 1.165) is 31.9 Å². The maximum Gasteiger partial charge on any atom is 0.125 e. The van der Waals surface area contributed by atoms with Crippen LogP contribution >= 0.6 is 27.5 Å². The van der Waals surface area contributed by atoms with Gasteiger partial charge in [-0.05, 0) is 41.4 Å². The van der Waals surface area contributed by atoms with Gasteiger partial charge in [-0.3, -0.25) is 0 Å². The molecule has 0 spiro atoms. The van der Waals surface area contributed by atoms with Crippen LogP contribution in [0.25, 0.3) is 0 Å². The minimum absolute atomic E-state index is 0.207. The van der Waals surface area contributed by atoms with Crippen LogP contribution in [0.1, 0.15) is 13.3 Å². The molecular weight excluding hydrogens is 335 g/mol. The molecule has 3 nitrogen and oxygen atoms in total. The van der Waals surface area contributed by atoms with E-state index >= 15 is 0 Å². The minimum Gasteiger partial charge on any atom is -0.380 e. The van der Waals surface area contributed by atoms with Crippen LogP contribution in [0, 0.1) is 5.82 Å². The lowest BCUT2D eigenvalue weighted by Gasteiger charge is -2.27. The van der Waals surface area contributed by atoms with Gasteiger partial charge in [0.25, 0.3) is 0 Å². The number of ether oxygens (including phenoxy) is 1. The van der Waals surface area contributed by atoms with Crippen molar-refractivity contribution in [2.75, 3.05) is 25.1 Å². The third-order valence-electron chi connectivity index (χ3n) is 3.03. The molecule has 0 radical (unpaired) electrons. The SMILES string of the molecule is CC(CC1COCCN1)Nc1c(Cl)cc(F)cc1Br. The van der Waals surface area contributed by atoms with Crippen LogP contribution in [0.4, 0.5) is 10.1 Å². The van der Waals surface area contributed by atoms with Crippen molar-refractivity contribution in [2.24, 2.45) is 0 Å². The molecule has 1 aliphatic heterocycles. The standard InChI is InChI=1S/C13H17BrClFN2O/c1-8(4-10-7-19-3-2-17-10)18-13-11(14)5-9(16)6-12(13)15/h5-6,8,10,17-18H,2-4,7H2,1H3. The summed E-state index contributed by atoms with van der Waals surface area (Å²) < 4.78 is 19.2. The van der Waals surface area contributed by atoms with Crippen molar-refractivity contribution >= 4 is 33.2 Å². The summed E-state index contributed by atoms with van der Waals surface area (Å²) in [5, 5.41) is 7.10. The molecule has 19 heavy (non-hydrogen) atoms. The van der Waals surface area contributed by atoms with E-state index in [1.807, 2.05) is 0 Å². The fourth-order valence-electron chi connectivity index (χ4n) is 2.18. The monoisotopic (exact) mass is 350 g/mol. The van der Waals surface area contributed by atoms with Gasteiger partial charge < -0.3 is 15.4 Å². The highest BCUT2D eigenvalue weighted by Gasteiger charge is 2.17. The lowest BCUT2D eigenvalue weighted by molar-refractivity contribution is 0.0731. The lowest BCUT2D eigenvalue weighted by atomic mass is 10.1. The minimum atomic E-state index is -0.350. The summed E-state index contributed by atoms with van der Waals surface area (Å²) in [6.45, 7) is 4.46. The zero-order valence-electron chi connectivity index (χ0n) is 10.7. The molecule has 1 heterocycles. The highest BCUT2D eigenvalue weighted by atomic mass is 79.9. The molecule has 0 aliphatic carbocycles. The molecule has 2 N–H and O–H groups in total. The number of morpholine rings is 1. The van der Waals surface area contributed by atoms with Gasteiger partial charge in [-0.2, -0.15) is 0 Å². The van der Waals surface area contributed by atoms with Crippen LogP contribution in [-0.4, -0.2) is 31.8 Å². The summed E-state index contributed by atoms with van der Waals surface area (Å²) in [4.78, 5) is 0. The van der Waals surface area contributed by atoms with E-state index in [4.69, 9.17) is 16.3 Å². The van der Waals surface area contributed by atoms with Crippen molar-refractivity contribution < 1.29 is 9.13 Å². The van der Waals surface area contributed by atoms with Crippen molar-refractivity contribution in [3.05, 3.63) is 27.4 Å². The maximum atomic E-state index is 13.1. The summed E-state index contributed by atoms with van der Waals surface area (Å²) >= 11 is 9.37. The second-order valence-corrected chi connectivity index (χ2v) is 6.01. The molecule has 0 bridgehead atoms. The van der Waals surface area contributed by atoms with Gasteiger partial charge in [0.2, 0.25) is 0 Å². The number of nitrogens with one attached hydrogen (secondary N) is 2. The van der Waals surface area contributed by atoms with Crippen molar-refractivity contribution in [1.82, 2.24) is 5.32 Å². The molecule has 0 aromatic heterocycles. The van der Waals surface area contributed by atoms with Crippen molar-refractivity contribution in [1.29, 1.82) is 0 Å². The Hall–Kier alpha value is -0.360. The molecule has 1 aromatic rings. The molecule has 6 heteroatoms. The third-order valence-corrected chi connectivity index (χ3v) is 3.96. The molecule has 106 valence electrons. The summed E-state index contributed by atoms with van der Waals surface area (Å²) in [5.41, 5.74) is 0.729. The van der Waals surface area contributed by atoms with Gasteiger partial charge in [0.05, 0.1) is 23.9 Å². The quantitative estimate of drug-likeness (QED) is 0.872. The normalized spacial score (nSPS) is 21.2. The molecule has 1 aliphatic rings.